The number of aromatic amines is 1. The van der Waals surface area contributed by atoms with Crippen LogP contribution in [0.15, 0.2) is 218 Å². The van der Waals surface area contributed by atoms with Crippen LogP contribution in [-0.2, 0) is 12.8 Å². The van der Waals surface area contributed by atoms with Gasteiger partial charge in [0.2, 0.25) is 0 Å². The van der Waals surface area contributed by atoms with Crippen LogP contribution in [0.1, 0.15) is 75.9 Å². The maximum absolute atomic E-state index is 3.71. The fourth-order valence-corrected chi connectivity index (χ4v) is 7.67. The molecule has 0 bridgehead atoms. The van der Waals surface area contributed by atoms with Crippen molar-refractivity contribution in [1.29, 1.82) is 0 Å². The number of rotatable bonds is 8. The standard InChI is InChI=1S/C46H38N2.C6H6.C3H6.2C2H6/c1-2-3-4-6-18-33(32-35-20-17-30-44-45(35)40-26-13-16-29-43(40)48(44)36-21-7-5-8-22-36)31-34-19-9-10-23-37(34)38-24-11-15-28-42-46(38)39-25-12-14-27-41(39)47-42;1-2-4-6-5-3-1;1-3-2;2*1-2/h2-3,5-27,29-30,32,47H,4,28,31H2,1H3;1-6H;3H,1H2,2H3;2*1-2H3/b3-2-,18-6?,33-32-;;;;. The maximum Gasteiger partial charge on any atom is 0.0547 e. The first-order chi connectivity index (χ1) is 30.2. The molecule has 0 aliphatic heterocycles. The minimum absolute atomic E-state index is 0.814. The number of H-pyrrole nitrogens is 1. The third-order valence-corrected chi connectivity index (χ3v) is 10.1. The summed E-state index contributed by atoms with van der Waals surface area (Å²) in [5.41, 5.74) is 13.8. The van der Waals surface area contributed by atoms with Gasteiger partial charge in [0, 0.05) is 45.0 Å². The third-order valence-electron chi connectivity index (χ3n) is 10.1. The highest BCUT2D eigenvalue weighted by atomic mass is 15.0. The van der Waals surface area contributed by atoms with E-state index < -0.39 is 0 Å². The van der Waals surface area contributed by atoms with Crippen molar-refractivity contribution in [2.75, 3.05) is 0 Å². The average molecular weight is 799 g/mol. The van der Waals surface area contributed by atoms with E-state index in [0.717, 1.165) is 19.3 Å². The number of allylic oxidation sites excluding steroid dienone is 9. The second kappa shape index (κ2) is 24.2. The molecular formula is C59H62N2. The molecule has 1 aliphatic carbocycles. The van der Waals surface area contributed by atoms with Crippen LogP contribution in [0, 0.1) is 0 Å². The first kappa shape index (κ1) is 45.2. The van der Waals surface area contributed by atoms with E-state index in [0.29, 0.717) is 0 Å². The van der Waals surface area contributed by atoms with Crippen molar-refractivity contribution in [2.24, 2.45) is 0 Å². The second-order valence-electron chi connectivity index (χ2n) is 14.0. The summed E-state index contributed by atoms with van der Waals surface area (Å²) in [4.78, 5) is 3.71. The molecule has 2 heteroatoms. The Balaban J connectivity index is 0.000000478. The zero-order valence-corrected chi connectivity index (χ0v) is 37.0. The minimum atomic E-state index is 0.814. The van der Waals surface area contributed by atoms with Gasteiger partial charge in [-0.2, -0.15) is 0 Å². The van der Waals surface area contributed by atoms with E-state index in [1.54, 1.807) is 6.08 Å². The van der Waals surface area contributed by atoms with Crippen LogP contribution in [0.3, 0.4) is 0 Å². The molecule has 1 N–H and O–H groups in total. The number of hydrogen-bond donors (Lipinski definition) is 1. The smallest absolute Gasteiger partial charge is 0.0547 e. The van der Waals surface area contributed by atoms with Gasteiger partial charge in [0.25, 0.3) is 0 Å². The lowest BCUT2D eigenvalue weighted by Crippen LogP contribution is -1.98. The predicted octanol–water partition coefficient (Wildman–Crippen LogP) is 16.9. The van der Waals surface area contributed by atoms with Crippen molar-refractivity contribution in [1.82, 2.24) is 9.55 Å². The predicted molar refractivity (Wildman–Crippen MR) is 271 cm³/mol. The highest BCUT2D eigenvalue weighted by Gasteiger charge is 2.20. The molecule has 0 fully saturated rings. The fraction of sp³-hybridized carbons (Fsp3) is 0.153. The Hall–Kier alpha value is -6.90. The molecule has 0 saturated carbocycles. The van der Waals surface area contributed by atoms with E-state index in [9.17, 15) is 0 Å². The number of para-hydroxylation sites is 3. The molecule has 0 saturated heterocycles. The van der Waals surface area contributed by atoms with E-state index in [4.69, 9.17) is 0 Å². The molecule has 2 nitrogen and oxygen atoms in total. The molecule has 1 aliphatic rings. The van der Waals surface area contributed by atoms with Gasteiger partial charge in [-0.1, -0.05) is 210 Å². The van der Waals surface area contributed by atoms with Gasteiger partial charge < -0.3 is 9.55 Å². The first-order valence-electron chi connectivity index (χ1n) is 21.9. The van der Waals surface area contributed by atoms with Crippen LogP contribution in [0.2, 0.25) is 0 Å². The number of nitrogens with one attached hydrogen (secondary N) is 1. The summed E-state index contributed by atoms with van der Waals surface area (Å²) in [5.74, 6) is 0. The molecule has 0 radical (unpaired) electrons. The van der Waals surface area contributed by atoms with Crippen LogP contribution < -0.4 is 0 Å². The normalized spacial score (nSPS) is 11.9. The zero-order chi connectivity index (χ0) is 43.2. The van der Waals surface area contributed by atoms with E-state index in [1.807, 2.05) is 71.0 Å². The van der Waals surface area contributed by atoms with Crippen molar-refractivity contribution < 1.29 is 0 Å². The molecule has 6 aromatic carbocycles. The van der Waals surface area contributed by atoms with Crippen LogP contribution >= 0.6 is 0 Å². The number of nitrogens with zero attached hydrogens (tertiary/aromatic N) is 1. The van der Waals surface area contributed by atoms with E-state index >= 15 is 0 Å². The van der Waals surface area contributed by atoms with Gasteiger partial charge in [-0.25, -0.2) is 0 Å². The Morgan fingerprint density at radius 3 is 1.98 bits per heavy atom. The lowest BCUT2D eigenvalue weighted by Gasteiger charge is -2.15. The molecule has 2 aromatic heterocycles. The molecule has 308 valence electrons. The van der Waals surface area contributed by atoms with Gasteiger partial charge >= 0.3 is 0 Å². The second-order valence-corrected chi connectivity index (χ2v) is 14.0. The van der Waals surface area contributed by atoms with Gasteiger partial charge in [0.05, 0.1) is 11.0 Å². The van der Waals surface area contributed by atoms with Gasteiger partial charge in [-0.05, 0) is 84.9 Å². The number of benzene rings is 6. The number of hydrogen-bond acceptors (Lipinski definition) is 0. The minimum Gasteiger partial charge on any atom is -0.358 e. The topological polar surface area (TPSA) is 20.7 Å². The van der Waals surface area contributed by atoms with Gasteiger partial charge in [0.1, 0.15) is 0 Å². The molecule has 8 aromatic rings. The monoisotopic (exact) mass is 798 g/mol. The van der Waals surface area contributed by atoms with Crippen LogP contribution in [0.5, 0.6) is 0 Å². The largest absolute Gasteiger partial charge is 0.358 e. The number of fused-ring (bicyclic) bond motifs is 6. The maximum atomic E-state index is 3.71. The Morgan fingerprint density at radius 1 is 0.656 bits per heavy atom. The molecule has 0 spiro atoms. The highest BCUT2D eigenvalue weighted by molar-refractivity contribution is 6.13. The van der Waals surface area contributed by atoms with Gasteiger partial charge in [0.15, 0.2) is 0 Å². The molecule has 9 rings (SSSR count). The molecule has 0 atom stereocenters. The average Bonchev–Trinajstić information content (AvgIpc) is 3.79. The number of aromatic nitrogens is 2. The summed E-state index contributed by atoms with van der Waals surface area (Å²) < 4.78 is 2.39. The molecule has 0 amide bonds. The Bertz CT molecular complexity index is 2700. The van der Waals surface area contributed by atoms with Crippen molar-refractivity contribution in [3.05, 3.63) is 246 Å². The molecular weight excluding hydrogens is 737 g/mol. The van der Waals surface area contributed by atoms with Crippen molar-refractivity contribution in [3.63, 3.8) is 0 Å². The van der Waals surface area contributed by atoms with Crippen molar-refractivity contribution in [2.45, 2.75) is 60.8 Å². The summed E-state index contributed by atoms with van der Waals surface area (Å²) in [7, 11) is 0. The van der Waals surface area contributed by atoms with Crippen LogP contribution in [-0.4, -0.2) is 9.55 Å². The Labute approximate surface area is 365 Å². The molecule has 0 unspecified atom stereocenters. The lowest BCUT2D eigenvalue weighted by atomic mass is 9.89. The lowest BCUT2D eigenvalue weighted by molar-refractivity contribution is 1.16. The summed E-state index contributed by atoms with van der Waals surface area (Å²) in [5, 5.41) is 3.83. The SMILES string of the molecule is C/C=C\CC=C/C(=C/c1cccc2c1c1ccccc1n2-c1ccccc1)Cc1ccccc1C1=CC=CCc2[nH]c3ccccc3c21.C=CC.CC.CC.c1ccccc1. The van der Waals surface area contributed by atoms with Gasteiger partial charge in [-0.15, -0.1) is 6.58 Å². The van der Waals surface area contributed by atoms with Crippen LogP contribution in [0.25, 0.3) is 50.0 Å². The summed E-state index contributed by atoms with van der Waals surface area (Å²) in [6.07, 6.45) is 22.5. The third kappa shape index (κ3) is 11.2. The van der Waals surface area contributed by atoms with E-state index in [1.165, 1.54) is 77.5 Å². The molecule has 61 heavy (non-hydrogen) atoms. The van der Waals surface area contributed by atoms with Crippen LogP contribution in [0.4, 0.5) is 0 Å². The zero-order valence-electron chi connectivity index (χ0n) is 37.0. The van der Waals surface area contributed by atoms with E-state index in [2.05, 4.69) is 193 Å². The van der Waals surface area contributed by atoms with Gasteiger partial charge in [-0.3, -0.25) is 0 Å². The Kier molecular flexibility index (Phi) is 18.0. The fourth-order valence-electron chi connectivity index (χ4n) is 7.67. The first-order valence-corrected chi connectivity index (χ1v) is 21.9. The quantitative estimate of drug-likeness (QED) is 0.117. The Morgan fingerprint density at radius 2 is 1.26 bits per heavy atom. The van der Waals surface area contributed by atoms with Crippen molar-refractivity contribution >= 4 is 44.4 Å². The summed E-state index contributed by atoms with van der Waals surface area (Å²) in [6.45, 7) is 15.3. The highest BCUT2D eigenvalue weighted by Crippen LogP contribution is 2.38. The summed E-state index contributed by atoms with van der Waals surface area (Å²) in [6, 6.07) is 55.8. The van der Waals surface area contributed by atoms with E-state index in [-0.39, 0.29) is 0 Å². The van der Waals surface area contributed by atoms with Crippen molar-refractivity contribution in [3.8, 4) is 5.69 Å². The molecule has 2 heterocycles. The summed E-state index contributed by atoms with van der Waals surface area (Å²) >= 11 is 0.